The number of phenols is 1. The molecule has 1 amide bonds. The molecule has 0 spiro atoms. The number of carbonyl (C=O) groups excluding carboxylic acids is 1. The maximum Gasteiger partial charge on any atom is 0.295 e. The molecule has 0 saturated heterocycles. The number of hydrogen-bond acceptors (Lipinski definition) is 10. The zero-order valence-electron chi connectivity index (χ0n) is 17.8. The number of aliphatic hydroxyl groups is 1. The van der Waals surface area contributed by atoms with E-state index in [2.05, 4.69) is 15.5 Å². The highest BCUT2D eigenvalue weighted by atomic mass is 32.2. The number of azo groups is 1. The molecule has 0 fully saturated rings. The number of nitrogens with zero attached hydrogens (tertiary/aromatic N) is 2. The molecule has 35 heavy (non-hydrogen) atoms. The second-order valence-electron chi connectivity index (χ2n) is 7.38. The van der Waals surface area contributed by atoms with Gasteiger partial charge in [0.1, 0.15) is 28.7 Å². The number of rotatable bonds is 7. The predicted octanol–water partition coefficient (Wildman–Crippen LogP) is 2.76. The molecule has 184 valence electrons. The second kappa shape index (κ2) is 8.54. The van der Waals surface area contributed by atoms with Gasteiger partial charge in [0.05, 0.1) is 17.2 Å². The van der Waals surface area contributed by atoms with Gasteiger partial charge in [-0.15, -0.1) is 10.2 Å². The molecule has 1 aliphatic rings. The van der Waals surface area contributed by atoms with E-state index in [9.17, 15) is 35.8 Å². The van der Waals surface area contributed by atoms with Crippen LogP contribution in [0.15, 0.2) is 50.4 Å². The molecule has 1 aliphatic heterocycles. The lowest BCUT2D eigenvalue weighted by molar-refractivity contribution is -0.114. The fraction of sp³-hybridized carbons (Fsp3) is 0.150. The van der Waals surface area contributed by atoms with Gasteiger partial charge in [0.15, 0.2) is 5.69 Å². The summed E-state index contributed by atoms with van der Waals surface area (Å²) in [5.74, 6) is -1.14. The number of phenolic OH excluding ortho intramolecular Hbond substituents is 1. The van der Waals surface area contributed by atoms with E-state index < -0.39 is 47.2 Å². The minimum absolute atomic E-state index is 0.0333. The lowest BCUT2D eigenvalue weighted by atomic mass is 9.96. The van der Waals surface area contributed by atoms with Crippen molar-refractivity contribution in [2.75, 3.05) is 18.5 Å². The van der Waals surface area contributed by atoms with Gasteiger partial charge >= 0.3 is 0 Å². The summed E-state index contributed by atoms with van der Waals surface area (Å²) in [4.78, 5) is 10.3. The lowest BCUT2D eigenvalue weighted by Crippen LogP contribution is -2.09. The number of hydrogen-bond donors (Lipinski definition) is 5. The average Bonchev–Trinajstić information content (AvgIpc) is 2.70. The van der Waals surface area contributed by atoms with Crippen LogP contribution in [0.1, 0.15) is 6.92 Å². The van der Waals surface area contributed by atoms with E-state index in [1.807, 2.05) is 0 Å². The number of ether oxygens (including phenoxy) is 1. The maximum atomic E-state index is 12.3. The van der Waals surface area contributed by atoms with Crippen molar-refractivity contribution in [3.05, 3.63) is 30.3 Å². The van der Waals surface area contributed by atoms with Crippen molar-refractivity contribution in [2.45, 2.75) is 16.7 Å². The molecule has 0 saturated carbocycles. The number of benzene rings is 3. The van der Waals surface area contributed by atoms with E-state index in [1.165, 1.54) is 12.1 Å². The van der Waals surface area contributed by atoms with Crippen molar-refractivity contribution in [2.24, 2.45) is 10.2 Å². The first-order valence-electron chi connectivity index (χ1n) is 9.72. The largest absolute Gasteiger partial charge is 0.507 e. The van der Waals surface area contributed by atoms with Crippen molar-refractivity contribution >= 4 is 54.0 Å². The van der Waals surface area contributed by atoms with Crippen LogP contribution in [0.2, 0.25) is 0 Å². The van der Waals surface area contributed by atoms with Crippen LogP contribution in [0.25, 0.3) is 21.9 Å². The monoisotopic (exact) mass is 523 g/mol. The first kappa shape index (κ1) is 24.5. The van der Waals surface area contributed by atoms with Gasteiger partial charge in [-0.1, -0.05) is 0 Å². The van der Waals surface area contributed by atoms with Gasteiger partial charge in [-0.3, -0.25) is 13.9 Å². The molecule has 4 rings (SSSR count). The Morgan fingerprint density at radius 3 is 2.26 bits per heavy atom. The molecule has 1 heterocycles. The highest BCUT2D eigenvalue weighted by molar-refractivity contribution is 7.86. The van der Waals surface area contributed by atoms with Crippen LogP contribution in [0.4, 0.5) is 17.1 Å². The molecule has 0 unspecified atom stereocenters. The van der Waals surface area contributed by atoms with Crippen LogP contribution in [0.3, 0.4) is 0 Å². The van der Waals surface area contributed by atoms with Crippen molar-refractivity contribution in [1.29, 1.82) is 0 Å². The zero-order chi connectivity index (χ0) is 25.7. The Labute approximate surface area is 198 Å². The zero-order valence-corrected chi connectivity index (χ0v) is 19.4. The summed E-state index contributed by atoms with van der Waals surface area (Å²) in [5.41, 5.74) is -0.274. The number of anilines is 1. The van der Waals surface area contributed by atoms with E-state index in [0.717, 1.165) is 25.1 Å². The van der Waals surface area contributed by atoms with Gasteiger partial charge in [0, 0.05) is 23.4 Å². The topological polar surface area (TPSA) is 212 Å². The molecule has 13 nitrogen and oxygen atoms in total. The Morgan fingerprint density at radius 1 is 1.03 bits per heavy atom. The summed E-state index contributed by atoms with van der Waals surface area (Å²) in [7, 11) is -9.80. The van der Waals surface area contributed by atoms with Crippen LogP contribution >= 0.6 is 0 Å². The summed E-state index contributed by atoms with van der Waals surface area (Å²) in [6.07, 6.45) is 0. The van der Waals surface area contributed by atoms with Gasteiger partial charge in [0.2, 0.25) is 5.91 Å². The lowest BCUT2D eigenvalue weighted by Gasteiger charge is -2.21. The van der Waals surface area contributed by atoms with Gasteiger partial charge in [-0.05, 0) is 35.7 Å². The van der Waals surface area contributed by atoms with Crippen LogP contribution in [0, 0.1) is 0 Å². The molecular formula is C20H17N3O10S2. The molecule has 0 bridgehead atoms. The highest BCUT2D eigenvalue weighted by Crippen LogP contribution is 2.55. The number of carbonyl (C=O) groups is 1. The van der Waals surface area contributed by atoms with Gasteiger partial charge in [0.25, 0.3) is 20.2 Å². The Bertz CT molecular complexity index is 1650. The van der Waals surface area contributed by atoms with Crippen molar-refractivity contribution < 1.29 is 45.7 Å². The molecule has 0 aromatic heterocycles. The molecule has 5 N–H and O–H groups in total. The van der Waals surface area contributed by atoms with Crippen LogP contribution in [-0.4, -0.2) is 55.3 Å². The molecule has 15 heteroatoms. The third kappa shape index (κ3) is 4.42. The Morgan fingerprint density at radius 2 is 1.71 bits per heavy atom. The minimum Gasteiger partial charge on any atom is -0.507 e. The number of fused-ring (bicyclic) bond motifs is 2. The summed E-state index contributed by atoms with van der Waals surface area (Å²) in [5, 5.41) is 29.8. The Hall–Kier alpha value is -3.63. The highest BCUT2D eigenvalue weighted by Gasteiger charge is 2.30. The molecule has 3 aromatic rings. The second-order valence-corrected chi connectivity index (χ2v) is 10.2. The van der Waals surface area contributed by atoms with Gasteiger partial charge in [-0.25, -0.2) is 0 Å². The molecule has 0 atom stereocenters. The smallest absolute Gasteiger partial charge is 0.295 e. The summed E-state index contributed by atoms with van der Waals surface area (Å²) < 4.78 is 72.8. The van der Waals surface area contributed by atoms with Crippen molar-refractivity contribution in [3.8, 4) is 22.6 Å². The number of aliphatic hydroxyl groups excluding tert-OH is 1. The molecule has 3 aromatic carbocycles. The van der Waals surface area contributed by atoms with Crippen LogP contribution < -0.4 is 10.1 Å². The maximum absolute atomic E-state index is 12.3. The Balaban J connectivity index is 2.10. The van der Waals surface area contributed by atoms with E-state index in [4.69, 9.17) is 9.84 Å². The third-order valence-electron chi connectivity index (χ3n) is 5.02. The third-order valence-corrected chi connectivity index (χ3v) is 6.73. The normalized spacial score (nSPS) is 12.8. The fourth-order valence-corrected chi connectivity index (χ4v) is 4.94. The number of aromatic hydroxyl groups is 1. The van der Waals surface area contributed by atoms with Crippen LogP contribution in [-0.2, 0) is 25.0 Å². The van der Waals surface area contributed by atoms with E-state index in [1.54, 1.807) is 0 Å². The standard InChI is InChI=1S/C20H17N3O10S2/c1-9(25)21-13-8-11(34(27,28)29)6-10-7-15(35(30,31)32)17(20(26)16(10)13)12-2-3-14(33-5-4-24)19-18(12)22-23-19/h2-3,6-8,24,26H,4-5H2,1H3,(H,21,25)(H,27,28,29)(H,30,31,32). The Kier molecular flexibility index (Phi) is 5.98. The van der Waals surface area contributed by atoms with Crippen molar-refractivity contribution in [1.82, 2.24) is 0 Å². The van der Waals surface area contributed by atoms with E-state index in [0.29, 0.717) is 0 Å². The van der Waals surface area contributed by atoms with Gasteiger partial charge < -0.3 is 20.3 Å². The van der Waals surface area contributed by atoms with Crippen LogP contribution in [0.5, 0.6) is 11.5 Å². The van der Waals surface area contributed by atoms with E-state index in [-0.39, 0.29) is 52.4 Å². The fourth-order valence-electron chi connectivity index (χ4n) is 3.66. The summed E-state index contributed by atoms with van der Waals surface area (Å²) >= 11 is 0. The van der Waals surface area contributed by atoms with Gasteiger partial charge in [-0.2, -0.15) is 16.8 Å². The first-order valence-corrected chi connectivity index (χ1v) is 12.6. The number of nitrogens with one attached hydrogen (secondary N) is 1. The SMILES string of the molecule is CC(=O)Nc1cc(S(=O)(=O)O)cc2cc(S(=O)(=O)O)c(-c3ccc(OCCO)c4c3N=N4)c(O)c12. The predicted molar refractivity (Wildman–Crippen MR) is 122 cm³/mol. The van der Waals surface area contributed by atoms with E-state index >= 15 is 0 Å². The summed E-state index contributed by atoms with van der Waals surface area (Å²) in [6.45, 7) is 0.795. The first-order chi connectivity index (χ1) is 16.3. The molecule has 0 aliphatic carbocycles. The quantitative estimate of drug-likeness (QED) is 0.223. The number of amides is 1. The average molecular weight is 524 g/mol. The summed E-state index contributed by atoms with van der Waals surface area (Å²) in [6, 6.07) is 5.40. The minimum atomic E-state index is -5.01. The molecule has 0 radical (unpaired) electrons. The molecular weight excluding hydrogens is 506 g/mol. The van der Waals surface area contributed by atoms with Crippen molar-refractivity contribution in [3.63, 3.8) is 0 Å².